The Labute approximate surface area is 96.4 Å². The lowest BCUT2D eigenvalue weighted by molar-refractivity contribution is 0.446. The van der Waals surface area contributed by atoms with Crippen LogP contribution in [0.5, 0.6) is 11.5 Å². The third-order valence-corrected chi connectivity index (χ3v) is 2.42. The average molecular weight is 221 g/mol. The fourth-order valence-corrected chi connectivity index (χ4v) is 1.54. The second-order valence-electron chi connectivity index (χ2n) is 3.82. The van der Waals surface area contributed by atoms with Crippen molar-refractivity contribution in [3.63, 3.8) is 0 Å². The molecule has 0 saturated carbocycles. The predicted molar refractivity (Wildman–Crippen MR) is 65.6 cm³/mol. The number of hydrogen-bond donors (Lipinski definition) is 3. The molecule has 0 bridgehead atoms. The van der Waals surface area contributed by atoms with Gasteiger partial charge in [0, 0.05) is 12.1 Å². The highest BCUT2D eigenvalue weighted by Gasteiger charge is 2.06. The van der Waals surface area contributed by atoms with Crippen LogP contribution in [0.3, 0.4) is 0 Å². The van der Waals surface area contributed by atoms with Crippen molar-refractivity contribution in [2.24, 2.45) is 0 Å². The average Bonchev–Trinajstić information content (AvgIpc) is 2.22. The van der Waals surface area contributed by atoms with Gasteiger partial charge in [0.05, 0.1) is 0 Å². The summed E-state index contributed by atoms with van der Waals surface area (Å²) in [5.74, 6) is 0.189. The maximum atomic E-state index is 9.35. The van der Waals surface area contributed by atoms with Crippen LogP contribution in [0, 0.1) is 0 Å². The first-order valence-electron chi connectivity index (χ1n) is 5.51. The van der Waals surface area contributed by atoms with Crippen molar-refractivity contribution in [2.75, 3.05) is 6.54 Å². The quantitative estimate of drug-likeness (QED) is 0.529. The molecule has 0 aromatic heterocycles. The SMILES string of the molecule is C/C=C/CCNC(C)c1cc(O)cc(O)c1. The summed E-state index contributed by atoms with van der Waals surface area (Å²) in [5, 5.41) is 22.0. The predicted octanol–water partition coefficient (Wildman–Crippen LogP) is 2.71. The molecule has 3 heteroatoms. The van der Waals surface area contributed by atoms with Crippen LogP contribution in [0.4, 0.5) is 0 Å². The van der Waals surface area contributed by atoms with Gasteiger partial charge in [-0.3, -0.25) is 0 Å². The Kier molecular flexibility index (Phi) is 4.86. The molecular weight excluding hydrogens is 202 g/mol. The number of allylic oxidation sites excluding steroid dienone is 1. The number of phenolic OH excluding ortho intramolecular Hbond substituents is 2. The fraction of sp³-hybridized carbons (Fsp3) is 0.385. The highest BCUT2D eigenvalue weighted by atomic mass is 16.3. The Balaban J connectivity index is 2.55. The lowest BCUT2D eigenvalue weighted by Gasteiger charge is -2.14. The van der Waals surface area contributed by atoms with Gasteiger partial charge in [0.2, 0.25) is 0 Å². The standard InChI is InChI=1S/C13H19NO2/c1-3-4-5-6-14-10(2)11-7-12(15)9-13(16)8-11/h3-4,7-10,14-16H,5-6H2,1-2H3/b4-3+. The summed E-state index contributed by atoms with van der Waals surface area (Å²) in [5.41, 5.74) is 0.887. The van der Waals surface area contributed by atoms with E-state index >= 15 is 0 Å². The van der Waals surface area contributed by atoms with Gasteiger partial charge in [-0.25, -0.2) is 0 Å². The van der Waals surface area contributed by atoms with Crippen LogP contribution in [-0.2, 0) is 0 Å². The molecule has 0 amide bonds. The molecule has 0 aliphatic rings. The molecule has 0 spiro atoms. The minimum atomic E-state index is 0.0945. The van der Waals surface area contributed by atoms with Gasteiger partial charge in [-0.05, 0) is 44.5 Å². The van der Waals surface area contributed by atoms with Crippen LogP contribution in [-0.4, -0.2) is 16.8 Å². The van der Waals surface area contributed by atoms with E-state index in [1.807, 2.05) is 19.9 Å². The zero-order chi connectivity index (χ0) is 12.0. The Morgan fingerprint density at radius 3 is 2.44 bits per heavy atom. The summed E-state index contributed by atoms with van der Waals surface area (Å²) < 4.78 is 0. The summed E-state index contributed by atoms with van der Waals surface area (Å²) in [6.45, 7) is 4.88. The van der Waals surface area contributed by atoms with Crippen LogP contribution < -0.4 is 5.32 Å². The van der Waals surface area contributed by atoms with E-state index in [4.69, 9.17) is 0 Å². The fourth-order valence-electron chi connectivity index (χ4n) is 1.54. The maximum absolute atomic E-state index is 9.35. The van der Waals surface area contributed by atoms with Crippen molar-refractivity contribution in [3.05, 3.63) is 35.9 Å². The van der Waals surface area contributed by atoms with Gasteiger partial charge in [-0.1, -0.05) is 12.2 Å². The van der Waals surface area contributed by atoms with Crippen molar-refractivity contribution >= 4 is 0 Å². The first kappa shape index (κ1) is 12.6. The van der Waals surface area contributed by atoms with Gasteiger partial charge in [-0.15, -0.1) is 0 Å². The van der Waals surface area contributed by atoms with Gasteiger partial charge in [0.15, 0.2) is 0 Å². The summed E-state index contributed by atoms with van der Waals surface area (Å²) >= 11 is 0. The van der Waals surface area contributed by atoms with Crippen molar-refractivity contribution in [1.29, 1.82) is 0 Å². The van der Waals surface area contributed by atoms with E-state index in [1.165, 1.54) is 6.07 Å². The van der Waals surface area contributed by atoms with Crippen LogP contribution in [0.25, 0.3) is 0 Å². The highest BCUT2D eigenvalue weighted by Crippen LogP contribution is 2.24. The van der Waals surface area contributed by atoms with Crippen LogP contribution in [0.2, 0.25) is 0 Å². The molecule has 0 aliphatic carbocycles. The number of phenols is 2. The summed E-state index contributed by atoms with van der Waals surface area (Å²) in [6.07, 6.45) is 5.10. The molecule has 88 valence electrons. The molecular formula is C13H19NO2. The molecule has 1 rings (SSSR count). The molecule has 0 fully saturated rings. The smallest absolute Gasteiger partial charge is 0.119 e. The second-order valence-corrected chi connectivity index (χ2v) is 3.82. The van der Waals surface area contributed by atoms with Crippen molar-refractivity contribution < 1.29 is 10.2 Å². The molecule has 0 aliphatic heterocycles. The maximum Gasteiger partial charge on any atom is 0.119 e. The van der Waals surface area contributed by atoms with E-state index in [9.17, 15) is 10.2 Å². The first-order valence-corrected chi connectivity index (χ1v) is 5.51. The van der Waals surface area contributed by atoms with Crippen LogP contribution in [0.1, 0.15) is 31.9 Å². The highest BCUT2D eigenvalue weighted by molar-refractivity contribution is 5.37. The monoisotopic (exact) mass is 221 g/mol. The zero-order valence-electron chi connectivity index (χ0n) is 9.77. The summed E-state index contributed by atoms with van der Waals surface area (Å²) in [6, 6.07) is 4.76. The molecule has 1 aromatic carbocycles. The Morgan fingerprint density at radius 1 is 1.25 bits per heavy atom. The molecule has 1 unspecified atom stereocenters. The number of nitrogens with one attached hydrogen (secondary N) is 1. The van der Waals surface area contributed by atoms with Crippen molar-refractivity contribution in [3.8, 4) is 11.5 Å². The lowest BCUT2D eigenvalue weighted by Crippen LogP contribution is -2.19. The topological polar surface area (TPSA) is 52.5 Å². The molecule has 16 heavy (non-hydrogen) atoms. The third-order valence-electron chi connectivity index (χ3n) is 2.42. The second kappa shape index (κ2) is 6.18. The minimum Gasteiger partial charge on any atom is -0.508 e. The largest absolute Gasteiger partial charge is 0.508 e. The van der Waals surface area contributed by atoms with Gasteiger partial charge in [-0.2, -0.15) is 0 Å². The van der Waals surface area contributed by atoms with E-state index in [0.717, 1.165) is 18.5 Å². The number of benzene rings is 1. The number of hydrogen-bond acceptors (Lipinski definition) is 3. The Hall–Kier alpha value is -1.48. The van der Waals surface area contributed by atoms with E-state index in [2.05, 4.69) is 11.4 Å². The van der Waals surface area contributed by atoms with Crippen molar-refractivity contribution in [1.82, 2.24) is 5.32 Å². The van der Waals surface area contributed by atoms with Crippen LogP contribution >= 0.6 is 0 Å². The Bertz CT molecular complexity index is 341. The lowest BCUT2D eigenvalue weighted by atomic mass is 10.1. The Morgan fingerprint density at radius 2 is 1.88 bits per heavy atom. The molecule has 0 radical (unpaired) electrons. The van der Waals surface area contributed by atoms with Gasteiger partial charge < -0.3 is 15.5 Å². The summed E-state index contributed by atoms with van der Waals surface area (Å²) in [7, 11) is 0. The molecule has 1 atom stereocenters. The molecule has 1 aromatic rings. The summed E-state index contributed by atoms with van der Waals surface area (Å²) in [4.78, 5) is 0. The molecule has 3 nitrogen and oxygen atoms in total. The van der Waals surface area contributed by atoms with E-state index in [0.29, 0.717) is 0 Å². The number of rotatable bonds is 5. The number of aromatic hydroxyl groups is 2. The molecule has 0 heterocycles. The zero-order valence-corrected chi connectivity index (χ0v) is 9.77. The minimum absolute atomic E-state index is 0.0945. The van der Waals surface area contributed by atoms with E-state index in [1.54, 1.807) is 12.1 Å². The van der Waals surface area contributed by atoms with Crippen LogP contribution in [0.15, 0.2) is 30.4 Å². The normalized spacial score (nSPS) is 13.1. The van der Waals surface area contributed by atoms with Gasteiger partial charge in [0.1, 0.15) is 11.5 Å². The van der Waals surface area contributed by atoms with Crippen molar-refractivity contribution in [2.45, 2.75) is 26.3 Å². The molecule has 0 saturated heterocycles. The first-order chi connectivity index (χ1) is 7.63. The third kappa shape index (κ3) is 3.95. The van der Waals surface area contributed by atoms with Gasteiger partial charge >= 0.3 is 0 Å². The molecule has 3 N–H and O–H groups in total. The van der Waals surface area contributed by atoms with E-state index < -0.39 is 0 Å². The van der Waals surface area contributed by atoms with E-state index in [-0.39, 0.29) is 17.5 Å². The van der Waals surface area contributed by atoms with Gasteiger partial charge in [0.25, 0.3) is 0 Å².